The summed E-state index contributed by atoms with van der Waals surface area (Å²) in [6, 6.07) is 17.8. The molecule has 0 aliphatic carbocycles. The van der Waals surface area contributed by atoms with Gasteiger partial charge in [0.2, 0.25) is 6.79 Å². The number of rotatable bonds is 9. The van der Waals surface area contributed by atoms with Crippen molar-refractivity contribution in [2.75, 3.05) is 37.7 Å². The molecule has 0 atom stereocenters. The Balaban J connectivity index is 1.51. The molecule has 2 aromatic carbocycles. The van der Waals surface area contributed by atoms with Crippen molar-refractivity contribution in [2.45, 2.75) is 13.0 Å². The SMILES string of the molecule is COCCCNc1cc(NCc2ccc3c(c2)OCO3)nc(-c2ccccc2)n1. The van der Waals surface area contributed by atoms with Crippen molar-refractivity contribution < 1.29 is 14.2 Å². The van der Waals surface area contributed by atoms with Crippen molar-refractivity contribution >= 4 is 11.6 Å². The molecule has 3 aromatic rings. The molecule has 0 bridgehead atoms. The summed E-state index contributed by atoms with van der Waals surface area (Å²) in [7, 11) is 1.70. The van der Waals surface area contributed by atoms with E-state index in [9.17, 15) is 0 Å². The first kappa shape index (κ1) is 19.0. The molecule has 7 nitrogen and oxygen atoms in total. The van der Waals surface area contributed by atoms with Crippen LogP contribution in [0.25, 0.3) is 11.4 Å². The van der Waals surface area contributed by atoms with Crippen molar-refractivity contribution in [3.05, 3.63) is 60.2 Å². The highest BCUT2D eigenvalue weighted by Crippen LogP contribution is 2.32. The molecule has 0 spiro atoms. The summed E-state index contributed by atoms with van der Waals surface area (Å²) in [5.41, 5.74) is 2.06. The van der Waals surface area contributed by atoms with Gasteiger partial charge in [0.25, 0.3) is 0 Å². The van der Waals surface area contributed by atoms with Crippen LogP contribution < -0.4 is 20.1 Å². The van der Waals surface area contributed by atoms with Crippen LogP contribution in [-0.4, -0.2) is 37.0 Å². The quantitative estimate of drug-likeness (QED) is 0.534. The van der Waals surface area contributed by atoms with Crippen LogP contribution in [0.15, 0.2) is 54.6 Å². The van der Waals surface area contributed by atoms with Crippen LogP contribution in [0.3, 0.4) is 0 Å². The molecular weight excluding hydrogens is 368 g/mol. The summed E-state index contributed by atoms with van der Waals surface area (Å²) in [5, 5.41) is 6.75. The maximum atomic E-state index is 5.46. The average Bonchev–Trinajstić information content (AvgIpc) is 3.24. The second kappa shape index (κ2) is 9.25. The number of nitrogens with zero attached hydrogens (tertiary/aromatic N) is 2. The third kappa shape index (κ3) is 4.94. The highest BCUT2D eigenvalue weighted by molar-refractivity contribution is 5.61. The molecule has 2 N–H and O–H groups in total. The second-order valence-electron chi connectivity index (χ2n) is 6.64. The lowest BCUT2D eigenvalue weighted by molar-refractivity contribution is 0.174. The van der Waals surface area contributed by atoms with Crippen molar-refractivity contribution in [3.8, 4) is 22.9 Å². The fourth-order valence-corrected chi connectivity index (χ4v) is 3.02. The summed E-state index contributed by atoms with van der Waals surface area (Å²) >= 11 is 0. The number of benzene rings is 2. The predicted octanol–water partition coefficient (Wildman–Crippen LogP) is 3.93. The van der Waals surface area contributed by atoms with E-state index in [4.69, 9.17) is 19.2 Å². The number of methoxy groups -OCH3 is 1. The van der Waals surface area contributed by atoms with Gasteiger partial charge < -0.3 is 24.8 Å². The summed E-state index contributed by atoms with van der Waals surface area (Å²) in [6.45, 7) is 2.38. The largest absolute Gasteiger partial charge is 0.454 e. The molecule has 1 aliphatic heterocycles. The van der Waals surface area contributed by atoms with Gasteiger partial charge in [0, 0.05) is 38.4 Å². The van der Waals surface area contributed by atoms with Crippen LogP contribution in [0.1, 0.15) is 12.0 Å². The van der Waals surface area contributed by atoms with E-state index < -0.39 is 0 Å². The predicted molar refractivity (Wildman–Crippen MR) is 112 cm³/mol. The van der Waals surface area contributed by atoms with Crippen LogP contribution >= 0.6 is 0 Å². The van der Waals surface area contributed by atoms with Crippen LogP contribution in [-0.2, 0) is 11.3 Å². The molecule has 1 aromatic heterocycles. The molecule has 2 heterocycles. The third-order valence-electron chi connectivity index (χ3n) is 4.50. The Morgan fingerprint density at radius 2 is 1.72 bits per heavy atom. The lowest BCUT2D eigenvalue weighted by atomic mass is 10.2. The summed E-state index contributed by atoms with van der Waals surface area (Å²) in [5.74, 6) is 3.77. The standard InChI is InChI=1S/C22H24N4O3/c1-27-11-5-10-23-20-13-21(26-22(25-20)17-6-3-2-4-7-17)24-14-16-8-9-18-19(12-16)29-15-28-18/h2-4,6-9,12-13H,5,10-11,14-15H2,1H3,(H2,23,24,25,26). The van der Waals surface area contributed by atoms with Crippen LogP contribution in [0, 0.1) is 0 Å². The highest BCUT2D eigenvalue weighted by Gasteiger charge is 2.13. The number of anilines is 2. The zero-order valence-corrected chi connectivity index (χ0v) is 16.4. The van der Waals surface area contributed by atoms with Gasteiger partial charge in [0.1, 0.15) is 11.6 Å². The molecule has 0 radical (unpaired) electrons. The van der Waals surface area contributed by atoms with Gasteiger partial charge in [-0.25, -0.2) is 9.97 Å². The first-order valence-electron chi connectivity index (χ1n) is 9.61. The maximum Gasteiger partial charge on any atom is 0.231 e. The van der Waals surface area contributed by atoms with Gasteiger partial charge in [0.05, 0.1) is 0 Å². The van der Waals surface area contributed by atoms with E-state index >= 15 is 0 Å². The Hall–Kier alpha value is -3.32. The first-order valence-corrected chi connectivity index (χ1v) is 9.61. The Kier molecular flexibility index (Phi) is 6.07. The molecule has 0 fully saturated rings. The second-order valence-corrected chi connectivity index (χ2v) is 6.64. The monoisotopic (exact) mass is 392 g/mol. The fourth-order valence-electron chi connectivity index (χ4n) is 3.02. The van der Waals surface area contributed by atoms with E-state index in [0.717, 1.165) is 47.2 Å². The Labute approximate surface area is 170 Å². The Morgan fingerprint density at radius 1 is 0.931 bits per heavy atom. The van der Waals surface area contributed by atoms with Gasteiger partial charge >= 0.3 is 0 Å². The minimum absolute atomic E-state index is 0.274. The molecular formula is C22H24N4O3. The maximum absolute atomic E-state index is 5.46. The highest BCUT2D eigenvalue weighted by atomic mass is 16.7. The topological polar surface area (TPSA) is 77.5 Å². The lowest BCUT2D eigenvalue weighted by Gasteiger charge is -2.12. The van der Waals surface area contributed by atoms with E-state index in [1.165, 1.54) is 0 Å². The smallest absolute Gasteiger partial charge is 0.231 e. The minimum Gasteiger partial charge on any atom is -0.454 e. The number of aromatic nitrogens is 2. The summed E-state index contributed by atoms with van der Waals surface area (Å²) in [6.07, 6.45) is 0.904. The number of nitrogens with one attached hydrogen (secondary N) is 2. The van der Waals surface area contributed by atoms with Gasteiger partial charge in [0.15, 0.2) is 17.3 Å². The zero-order chi connectivity index (χ0) is 19.9. The van der Waals surface area contributed by atoms with Gasteiger partial charge in [-0.05, 0) is 24.1 Å². The van der Waals surface area contributed by atoms with Crippen LogP contribution in [0.5, 0.6) is 11.5 Å². The number of hydrogen-bond acceptors (Lipinski definition) is 7. The first-order chi connectivity index (χ1) is 14.3. The molecule has 0 amide bonds. The molecule has 0 saturated carbocycles. The molecule has 29 heavy (non-hydrogen) atoms. The van der Waals surface area contributed by atoms with E-state index in [1.807, 2.05) is 54.6 Å². The van der Waals surface area contributed by atoms with E-state index in [-0.39, 0.29) is 6.79 Å². The lowest BCUT2D eigenvalue weighted by Crippen LogP contribution is -2.09. The Morgan fingerprint density at radius 3 is 2.55 bits per heavy atom. The van der Waals surface area contributed by atoms with Gasteiger partial charge in [-0.1, -0.05) is 36.4 Å². The summed E-state index contributed by atoms with van der Waals surface area (Å²) in [4.78, 5) is 9.36. The van der Waals surface area contributed by atoms with Crippen LogP contribution in [0.4, 0.5) is 11.6 Å². The number of hydrogen-bond donors (Lipinski definition) is 2. The van der Waals surface area contributed by atoms with E-state index in [0.29, 0.717) is 19.0 Å². The van der Waals surface area contributed by atoms with Gasteiger partial charge in [-0.3, -0.25) is 0 Å². The summed E-state index contributed by atoms with van der Waals surface area (Å²) < 4.78 is 15.9. The van der Waals surface area contributed by atoms with Crippen LogP contribution in [0.2, 0.25) is 0 Å². The van der Waals surface area contributed by atoms with Gasteiger partial charge in [-0.15, -0.1) is 0 Å². The van der Waals surface area contributed by atoms with Gasteiger partial charge in [-0.2, -0.15) is 0 Å². The normalized spacial score (nSPS) is 12.0. The van der Waals surface area contributed by atoms with Crippen molar-refractivity contribution in [1.29, 1.82) is 0 Å². The molecule has 7 heteroatoms. The van der Waals surface area contributed by atoms with Crippen molar-refractivity contribution in [1.82, 2.24) is 9.97 Å². The molecule has 4 rings (SSSR count). The van der Waals surface area contributed by atoms with E-state index in [2.05, 4.69) is 15.6 Å². The molecule has 1 aliphatic rings. The number of ether oxygens (including phenoxy) is 3. The third-order valence-corrected chi connectivity index (χ3v) is 4.50. The van der Waals surface area contributed by atoms with Crippen molar-refractivity contribution in [2.24, 2.45) is 0 Å². The number of fused-ring (bicyclic) bond motifs is 1. The average molecular weight is 392 g/mol. The zero-order valence-electron chi connectivity index (χ0n) is 16.4. The molecule has 0 unspecified atom stereocenters. The van der Waals surface area contributed by atoms with E-state index in [1.54, 1.807) is 7.11 Å². The molecule has 0 saturated heterocycles. The minimum atomic E-state index is 0.274. The Bertz CT molecular complexity index is 950. The fraction of sp³-hybridized carbons (Fsp3) is 0.273. The van der Waals surface area contributed by atoms with Crippen molar-refractivity contribution in [3.63, 3.8) is 0 Å². The molecule has 150 valence electrons.